The fraction of sp³-hybridized carbons (Fsp3) is 0.364. The molecule has 3 rings (SSSR count). The van der Waals surface area contributed by atoms with E-state index in [1.54, 1.807) is 47.4 Å². The van der Waals surface area contributed by atoms with Crippen molar-refractivity contribution in [3.05, 3.63) is 53.6 Å². The van der Waals surface area contributed by atoms with Crippen LogP contribution in [0.25, 0.3) is 0 Å². The minimum atomic E-state index is -0.517. The van der Waals surface area contributed by atoms with Gasteiger partial charge in [0.2, 0.25) is 5.91 Å². The number of nitrogens with zero attached hydrogens (tertiary/aromatic N) is 1. The van der Waals surface area contributed by atoms with E-state index in [1.165, 1.54) is 14.2 Å². The normalized spacial score (nSPS) is 18.6. The van der Waals surface area contributed by atoms with E-state index in [9.17, 15) is 14.7 Å². The van der Waals surface area contributed by atoms with Gasteiger partial charge < -0.3 is 35.3 Å². The second kappa shape index (κ2) is 10.3. The lowest BCUT2D eigenvalue weighted by Gasteiger charge is -2.40. The lowest BCUT2D eigenvalue weighted by molar-refractivity contribution is -0.160. The predicted molar refractivity (Wildman–Crippen MR) is 114 cm³/mol. The predicted octanol–water partition coefficient (Wildman–Crippen LogP) is 1.18. The third-order valence-electron chi connectivity index (χ3n) is 5.16. The van der Waals surface area contributed by atoms with Crippen LogP contribution in [-0.2, 0) is 9.53 Å². The van der Waals surface area contributed by atoms with Crippen molar-refractivity contribution < 1.29 is 28.9 Å². The van der Waals surface area contributed by atoms with Crippen LogP contribution in [0.4, 0.5) is 5.69 Å². The Morgan fingerprint density at radius 2 is 1.90 bits per heavy atom. The summed E-state index contributed by atoms with van der Waals surface area (Å²) in [6.07, 6.45) is -0.482. The molecule has 2 amide bonds. The minimum absolute atomic E-state index is 0.0705. The summed E-state index contributed by atoms with van der Waals surface area (Å²) in [5, 5.41) is 12.7. The monoisotopic (exact) mass is 429 g/mol. The number of carbonyl (C=O) groups excluding carboxylic acids is 2. The first-order valence-electron chi connectivity index (χ1n) is 9.87. The topological polar surface area (TPSA) is 123 Å². The van der Waals surface area contributed by atoms with Crippen LogP contribution in [0.15, 0.2) is 42.5 Å². The van der Waals surface area contributed by atoms with Gasteiger partial charge in [-0.1, -0.05) is 12.1 Å². The van der Waals surface area contributed by atoms with Gasteiger partial charge in [-0.25, -0.2) is 0 Å². The number of aliphatic hydroxyl groups is 1. The Hall–Kier alpha value is -3.14. The quantitative estimate of drug-likeness (QED) is 0.576. The maximum atomic E-state index is 12.6. The van der Waals surface area contributed by atoms with Crippen LogP contribution in [0.5, 0.6) is 11.5 Å². The standard InChI is InChI=1S/C22H27N3O6/c1-29-18-8-5-15(11-19(18)30-2)22(28)24-16-6-3-14(4-7-16)21-17(12-26)25(10-9-23)20(27)13-31-21/h3-8,11,17,21,26H,9-10,12-13,23H2,1-2H3,(H,24,28)/t17-,21-/m1/s1. The highest BCUT2D eigenvalue weighted by atomic mass is 16.5. The molecule has 31 heavy (non-hydrogen) atoms. The van der Waals surface area contributed by atoms with Crippen molar-refractivity contribution in [3.8, 4) is 11.5 Å². The second-order valence-electron chi connectivity index (χ2n) is 7.00. The Labute approximate surface area is 180 Å². The number of carbonyl (C=O) groups is 2. The van der Waals surface area contributed by atoms with Crippen LogP contribution < -0.4 is 20.5 Å². The van der Waals surface area contributed by atoms with Crippen molar-refractivity contribution >= 4 is 17.5 Å². The summed E-state index contributed by atoms with van der Waals surface area (Å²) < 4.78 is 16.1. The summed E-state index contributed by atoms with van der Waals surface area (Å²) >= 11 is 0. The van der Waals surface area contributed by atoms with Crippen molar-refractivity contribution in [3.63, 3.8) is 0 Å². The maximum Gasteiger partial charge on any atom is 0.255 e. The summed E-state index contributed by atoms with van der Waals surface area (Å²) in [6.45, 7) is 0.340. The van der Waals surface area contributed by atoms with Crippen LogP contribution in [0.1, 0.15) is 22.0 Å². The molecule has 1 aliphatic rings. The van der Waals surface area contributed by atoms with E-state index in [4.69, 9.17) is 19.9 Å². The molecule has 0 aliphatic carbocycles. The molecule has 1 fully saturated rings. The first-order chi connectivity index (χ1) is 15.0. The Morgan fingerprint density at radius 1 is 1.19 bits per heavy atom. The van der Waals surface area contributed by atoms with Gasteiger partial charge in [0.05, 0.1) is 26.9 Å². The number of rotatable bonds is 8. The number of hydrogen-bond acceptors (Lipinski definition) is 7. The summed E-state index contributed by atoms with van der Waals surface area (Å²) in [6, 6.07) is 11.5. The molecule has 0 aromatic heterocycles. The molecule has 2 aromatic rings. The summed E-state index contributed by atoms with van der Waals surface area (Å²) in [7, 11) is 3.04. The molecule has 2 aromatic carbocycles. The molecule has 0 radical (unpaired) electrons. The first kappa shape index (κ1) is 22.5. The van der Waals surface area contributed by atoms with Crippen molar-refractivity contribution in [2.75, 3.05) is 45.8 Å². The van der Waals surface area contributed by atoms with E-state index in [-0.39, 0.29) is 25.0 Å². The Balaban J connectivity index is 1.72. The molecule has 1 heterocycles. The Bertz CT molecular complexity index is 918. The third-order valence-corrected chi connectivity index (χ3v) is 5.16. The molecular weight excluding hydrogens is 402 g/mol. The van der Waals surface area contributed by atoms with Gasteiger partial charge >= 0.3 is 0 Å². The average molecular weight is 429 g/mol. The van der Waals surface area contributed by atoms with Crippen LogP contribution >= 0.6 is 0 Å². The summed E-state index contributed by atoms with van der Waals surface area (Å²) in [5.41, 5.74) is 7.41. The fourth-order valence-electron chi connectivity index (χ4n) is 3.58. The number of hydrogen-bond donors (Lipinski definition) is 3. The molecule has 4 N–H and O–H groups in total. The summed E-state index contributed by atoms with van der Waals surface area (Å²) in [4.78, 5) is 26.2. The van der Waals surface area contributed by atoms with E-state index < -0.39 is 12.1 Å². The zero-order valence-corrected chi connectivity index (χ0v) is 17.5. The molecule has 0 saturated carbocycles. The van der Waals surface area contributed by atoms with Gasteiger partial charge in [0.1, 0.15) is 12.7 Å². The van der Waals surface area contributed by atoms with E-state index in [0.29, 0.717) is 35.8 Å². The maximum absolute atomic E-state index is 12.6. The zero-order chi connectivity index (χ0) is 22.4. The van der Waals surface area contributed by atoms with Gasteiger partial charge in [0.15, 0.2) is 11.5 Å². The van der Waals surface area contributed by atoms with Gasteiger partial charge in [0.25, 0.3) is 5.91 Å². The van der Waals surface area contributed by atoms with Crippen LogP contribution in [0, 0.1) is 0 Å². The van der Waals surface area contributed by atoms with Gasteiger partial charge in [0, 0.05) is 24.3 Å². The molecule has 166 valence electrons. The van der Waals surface area contributed by atoms with Crippen molar-refractivity contribution in [2.24, 2.45) is 5.73 Å². The van der Waals surface area contributed by atoms with Crippen LogP contribution in [0.3, 0.4) is 0 Å². The molecule has 0 spiro atoms. The van der Waals surface area contributed by atoms with E-state index in [2.05, 4.69) is 5.32 Å². The molecule has 9 heteroatoms. The molecular formula is C22H27N3O6. The van der Waals surface area contributed by atoms with Gasteiger partial charge in [-0.2, -0.15) is 0 Å². The summed E-state index contributed by atoms with van der Waals surface area (Å²) in [5.74, 6) is 0.512. The number of ether oxygens (including phenoxy) is 3. The van der Waals surface area contributed by atoms with Crippen LogP contribution in [-0.4, -0.2) is 68.4 Å². The number of aliphatic hydroxyl groups excluding tert-OH is 1. The number of anilines is 1. The highest BCUT2D eigenvalue weighted by Gasteiger charge is 2.36. The third kappa shape index (κ3) is 4.96. The van der Waals surface area contributed by atoms with E-state index in [0.717, 1.165) is 5.56 Å². The molecule has 1 saturated heterocycles. The highest BCUT2D eigenvalue weighted by Crippen LogP contribution is 2.30. The number of morpholine rings is 1. The largest absolute Gasteiger partial charge is 0.493 e. The van der Waals surface area contributed by atoms with Gasteiger partial charge in [-0.3, -0.25) is 9.59 Å². The molecule has 1 aliphatic heterocycles. The molecule has 0 bridgehead atoms. The van der Waals surface area contributed by atoms with Gasteiger partial charge in [-0.15, -0.1) is 0 Å². The van der Waals surface area contributed by atoms with Crippen molar-refractivity contribution in [1.82, 2.24) is 4.90 Å². The number of nitrogens with one attached hydrogen (secondary N) is 1. The lowest BCUT2D eigenvalue weighted by atomic mass is 9.99. The molecule has 2 atom stereocenters. The first-order valence-corrected chi connectivity index (χ1v) is 9.87. The fourth-order valence-corrected chi connectivity index (χ4v) is 3.58. The van der Waals surface area contributed by atoms with E-state index in [1.807, 2.05) is 0 Å². The van der Waals surface area contributed by atoms with Crippen molar-refractivity contribution in [2.45, 2.75) is 12.1 Å². The SMILES string of the molecule is COc1ccc(C(=O)Nc2ccc([C@H]3OCC(=O)N(CCN)[C@@H]3CO)cc2)cc1OC. The second-order valence-corrected chi connectivity index (χ2v) is 7.00. The van der Waals surface area contributed by atoms with Crippen molar-refractivity contribution in [1.29, 1.82) is 0 Å². The molecule has 9 nitrogen and oxygen atoms in total. The number of amides is 2. The Kier molecular flexibility index (Phi) is 7.45. The minimum Gasteiger partial charge on any atom is -0.493 e. The molecule has 0 unspecified atom stereocenters. The highest BCUT2D eigenvalue weighted by molar-refractivity contribution is 6.04. The number of benzene rings is 2. The average Bonchev–Trinajstić information content (AvgIpc) is 2.80. The number of methoxy groups -OCH3 is 2. The van der Waals surface area contributed by atoms with Gasteiger partial charge in [-0.05, 0) is 35.9 Å². The number of nitrogens with two attached hydrogens (primary N) is 1. The Morgan fingerprint density at radius 3 is 2.52 bits per heavy atom. The lowest BCUT2D eigenvalue weighted by Crippen LogP contribution is -2.54. The van der Waals surface area contributed by atoms with Crippen LogP contribution in [0.2, 0.25) is 0 Å². The smallest absolute Gasteiger partial charge is 0.255 e. The zero-order valence-electron chi connectivity index (χ0n) is 17.5. The van der Waals surface area contributed by atoms with E-state index >= 15 is 0 Å².